The van der Waals surface area contributed by atoms with Crippen molar-refractivity contribution in [3.05, 3.63) is 58.6 Å². The molecule has 0 amide bonds. The lowest BCUT2D eigenvalue weighted by Crippen LogP contribution is -2.35. The summed E-state index contributed by atoms with van der Waals surface area (Å²) < 4.78 is 27.1. The molecule has 0 aromatic heterocycles. The predicted octanol–water partition coefficient (Wildman–Crippen LogP) is 3.18. The van der Waals surface area contributed by atoms with Crippen molar-refractivity contribution in [3.8, 4) is 0 Å². The molecule has 1 aliphatic rings. The van der Waals surface area contributed by atoms with E-state index in [-0.39, 0.29) is 15.5 Å². The fourth-order valence-corrected chi connectivity index (χ4v) is 4.76. The molecule has 0 radical (unpaired) electrons. The SMILES string of the molecule is O=C(O)c1ccc2c(c1)CCCN2S(=O)(=O)c1ccccc1Cl. The number of fused-ring (bicyclic) bond motifs is 1. The first kappa shape index (κ1) is 15.8. The zero-order valence-electron chi connectivity index (χ0n) is 12.1. The molecule has 0 saturated heterocycles. The number of nitrogens with zero attached hydrogens (tertiary/aromatic N) is 1. The fraction of sp³-hybridized carbons (Fsp3) is 0.188. The molecule has 7 heteroatoms. The maximum Gasteiger partial charge on any atom is 0.335 e. The van der Waals surface area contributed by atoms with Crippen LogP contribution in [0.1, 0.15) is 22.3 Å². The maximum atomic E-state index is 12.9. The molecular weight excluding hydrogens is 338 g/mol. The zero-order chi connectivity index (χ0) is 16.6. The van der Waals surface area contributed by atoms with E-state index in [1.165, 1.54) is 28.6 Å². The highest BCUT2D eigenvalue weighted by Crippen LogP contribution is 2.34. The van der Waals surface area contributed by atoms with Gasteiger partial charge >= 0.3 is 5.97 Å². The number of benzene rings is 2. The third kappa shape index (κ3) is 2.80. The number of hydrogen-bond acceptors (Lipinski definition) is 3. The van der Waals surface area contributed by atoms with E-state index in [0.29, 0.717) is 30.6 Å². The van der Waals surface area contributed by atoms with Crippen molar-refractivity contribution >= 4 is 33.3 Å². The number of carboxylic acid groups (broad SMARTS) is 1. The van der Waals surface area contributed by atoms with Gasteiger partial charge in [-0.2, -0.15) is 0 Å². The van der Waals surface area contributed by atoms with Gasteiger partial charge in [-0.1, -0.05) is 23.7 Å². The number of anilines is 1. The number of aryl methyl sites for hydroxylation is 1. The van der Waals surface area contributed by atoms with Gasteiger partial charge in [-0.15, -0.1) is 0 Å². The molecule has 5 nitrogen and oxygen atoms in total. The predicted molar refractivity (Wildman–Crippen MR) is 87.7 cm³/mol. The molecule has 2 aromatic rings. The van der Waals surface area contributed by atoms with Gasteiger partial charge in [0.25, 0.3) is 10.0 Å². The molecular formula is C16H14ClNO4S. The second-order valence-corrected chi connectivity index (χ2v) is 7.50. The molecule has 0 saturated carbocycles. The number of carboxylic acids is 1. The molecule has 3 rings (SSSR count). The van der Waals surface area contributed by atoms with E-state index in [9.17, 15) is 13.2 Å². The Labute approximate surface area is 139 Å². The highest BCUT2D eigenvalue weighted by atomic mass is 35.5. The average Bonchev–Trinajstić information content (AvgIpc) is 2.53. The molecule has 120 valence electrons. The minimum atomic E-state index is -3.79. The van der Waals surface area contributed by atoms with Crippen LogP contribution in [-0.4, -0.2) is 26.0 Å². The van der Waals surface area contributed by atoms with Gasteiger partial charge < -0.3 is 5.11 Å². The number of hydrogen-bond donors (Lipinski definition) is 1. The Morgan fingerprint density at radius 1 is 1.17 bits per heavy atom. The van der Waals surface area contributed by atoms with Gasteiger partial charge in [-0.25, -0.2) is 13.2 Å². The van der Waals surface area contributed by atoms with Gasteiger partial charge in [0.05, 0.1) is 16.3 Å². The monoisotopic (exact) mass is 351 g/mol. The van der Waals surface area contributed by atoms with Gasteiger partial charge in [0, 0.05) is 6.54 Å². The van der Waals surface area contributed by atoms with Crippen molar-refractivity contribution in [1.29, 1.82) is 0 Å². The van der Waals surface area contributed by atoms with Crippen LogP contribution in [0.4, 0.5) is 5.69 Å². The van der Waals surface area contributed by atoms with Gasteiger partial charge in [-0.3, -0.25) is 4.31 Å². The lowest BCUT2D eigenvalue weighted by molar-refractivity contribution is 0.0696. The minimum absolute atomic E-state index is 0.0526. The first-order valence-electron chi connectivity index (χ1n) is 7.05. The van der Waals surface area contributed by atoms with E-state index in [2.05, 4.69) is 0 Å². The van der Waals surface area contributed by atoms with E-state index in [0.717, 1.165) is 0 Å². The number of rotatable bonds is 3. The summed E-state index contributed by atoms with van der Waals surface area (Å²) in [4.78, 5) is 11.1. The van der Waals surface area contributed by atoms with Crippen LogP contribution in [-0.2, 0) is 16.4 Å². The molecule has 23 heavy (non-hydrogen) atoms. The van der Waals surface area contributed by atoms with Gasteiger partial charge in [0.2, 0.25) is 0 Å². The van der Waals surface area contributed by atoms with Crippen LogP contribution in [0.2, 0.25) is 5.02 Å². The molecule has 0 aliphatic carbocycles. The van der Waals surface area contributed by atoms with Crippen LogP contribution >= 0.6 is 11.6 Å². The fourth-order valence-electron chi connectivity index (χ4n) is 2.72. The minimum Gasteiger partial charge on any atom is -0.478 e. The Balaban J connectivity index is 2.10. The first-order chi connectivity index (χ1) is 10.9. The molecule has 1 heterocycles. The Bertz CT molecular complexity index is 879. The Morgan fingerprint density at radius 2 is 1.91 bits per heavy atom. The summed E-state index contributed by atoms with van der Waals surface area (Å²) in [5.74, 6) is -1.03. The molecule has 0 unspecified atom stereocenters. The van der Waals surface area contributed by atoms with Crippen LogP contribution in [0.15, 0.2) is 47.4 Å². The number of carbonyl (C=O) groups is 1. The molecule has 1 aliphatic heterocycles. The third-order valence-corrected chi connectivity index (χ3v) is 6.12. The summed E-state index contributed by atoms with van der Waals surface area (Å²) in [6.07, 6.45) is 1.27. The summed E-state index contributed by atoms with van der Waals surface area (Å²) in [7, 11) is -3.79. The molecule has 2 aromatic carbocycles. The zero-order valence-corrected chi connectivity index (χ0v) is 13.6. The standard InChI is InChI=1S/C16H14ClNO4S/c17-13-5-1-2-6-15(13)23(21,22)18-9-3-4-11-10-12(16(19)20)7-8-14(11)18/h1-2,5-8,10H,3-4,9H2,(H,19,20). The lowest BCUT2D eigenvalue weighted by Gasteiger charge is -2.31. The lowest BCUT2D eigenvalue weighted by atomic mass is 10.0. The van der Waals surface area contributed by atoms with E-state index >= 15 is 0 Å². The second-order valence-electron chi connectivity index (χ2n) is 5.26. The van der Waals surface area contributed by atoms with Crippen molar-refractivity contribution in [3.63, 3.8) is 0 Å². The second kappa shape index (κ2) is 5.86. The van der Waals surface area contributed by atoms with Crippen LogP contribution in [0.3, 0.4) is 0 Å². The number of aromatic carboxylic acids is 1. The normalized spacial score (nSPS) is 14.4. The summed E-state index contributed by atoms with van der Waals surface area (Å²) in [6.45, 7) is 0.340. The van der Waals surface area contributed by atoms with Crippen molar-refractivity contribution in [1.82, 2.24) is 0 Å². The maximum absolute atomic E-state index is 12.9. The van der Waals surface area contributed by atoms with E-state index < -0.39 is 16.0 Å². The van der Waals surface area contributed by atoms with Crippen molar-refractivity contribution in [2.45, 2.75) is 17.7 Å². The topological polar surface area (TPSA) is 74.7 Å². The number of halogens is 1. The summed E-state index contributed by atoms with van der Waals surface area (Å²) in [5, 5.41) is 9.25. The molecule has 0 bridgehead atoms. The highest BCUT2D eigenvalue weighted by Gasteiger charge is 2.30. The average molecular weight is 352 g/mol. The quantitative estimate of drug-likeness (QED) is 0.921. The van der Waals surface area contributed by atoms with Crippen molar-refractivity contribution in [2.24, 2.45) is 0 Å². The summed E-state index contributed by atoms with van der Waals surface area (Å²) >= 11 is 6.04. The molecule has 0 fully saturated rings. The number of sulfonamides is 1. The van der Waals surface area contributed by atoms with Crippen LogP contribution < -0.4 is 4.31 Å². The smallest absolute Gasteiger partial charge is 0.335 e. The van der Waals surface area contributed by atoms with Crippen LogP contribution in [0.5, 0.6) is 0 Å². The Morgan fingerprint density at radius 3 is 2.61 bits per heavy atom. The van der Waals surface area contributed by atoms with Crippen LogP contribution in [0, 0.1) is 0 Å². The van der Waals surface area contributed by atoms with Crippen molar-refractivity contribution < 1.29 is 18.3 Å². The summed E-state index contributed by atoms with van der Waals surface area (Å²) in [6, 6.07) is 10.8. The van der Waals surface area contributed by atoms with E-state index in [4.69, 9.17) is 16.7 Å². The van der Waals surface area contributed by atoms with Gasteiger partial charge in [0.15, 0.2) is 0 Å². The Kier molecular flexibility index (Phi) is 4.04. The Hall–Kier alpha value is -2.05. The largest absolute Gasteiger partial charge is 0.478 e. The van der Waals surface area contributed by atoms with Gasteiger partial charge in [0.1, 0.15) is 4.90 Å². The van der Waals surface area contributed by atoms with Crippen LogP contribution in [0.25, 0.3) is 0 Å². The van der Waals surface area contributed by atoms with E-state index in [1.807, 2.05) is 0 Å². The highest BCUT2D eigenvalue weighted by molar-refractivity contribution is 7.93. The molecule has 0 spiro atoms. The third-order valence-electron chi connectivity index (χ3n) is 3.81. The first-order valence-corrected chi connectivity index (χ1v) is 8.86. The molecule has 1 N–H and O–H groups in total. The van der Waals surface area contributed by atoms with E-state index in [1.54, 1.807) is 18.2 Å². The van der Waals surface area contributed by atoms with Crippen molar-refractivity contribution in [2.75, 3.05) is 10.8 Å². The summed E-state index contributed by atoms with van der Waals surface area (Å²) in [5.41, 5.74) is 1.38. The molecule has 0 atom stereocenters. The van der Waals surface area contributed by atoms with Gasteiger partial charge in [-0.05, 0) is 48.7 Å².